The number of carbonyl (C=O) groups excluding carboxylic acids is 1. The minimum Gasteiger partial charge on any atom is -0.450 e. The van der Waals surface area contributed by atoms with Gasteiger partial charge in [-0.2, -0.15) is 0 Å². The highest BCUT2D eigenvalue weighted by Gasteiger charge is 2.24. The van der Waals surface area contributed by atoms with Crippen LogP contribution < -0.4 is 5.32 Å². The van der Waals surface area contributed by atoms with Crippen molar-refractivity contribution in [2.45, 2.75) is 25.8 Å². The van der Waals surface area contributed by atoms with Crippen LogP contribution in [-0.2, 0) is 4.74 Å². The number of hydrogen-bond donors (Lipinski definition) is 1. The number of piperidine rings is 1. The number of amides is 1. The SMILES string of the molecule is CCOC(=O)N1CCC(Nc2c(Cl)cc(Cl)cc2Cl)CC1. The highest BCUT2D eigenvalue weighted by atomic mass is 35.5. The number of anilines is 1. The van der Waals surface area contributed by atoms with Gasteiger partial charge in [-0.25, -0.2) is 4.79 Å². The normalized spacial score (nSPS) is 15.9. The third-order valence-electron chi connectivity index (χ3n) is 3.38. The monoisotopic (exact) mass is 350 g/mol. The van der Waals surface area contributed by atoms with Crippen LogP contribution in [0.5, 0.6) is 0 Å². The van der Waals surface area contributed by atoms with Crippen molar-refractivity contribution >= 4 is 46.6 Å². The topological polar surface area (TPSA) is 41.6 Å². The van der Waals surface area contributed by atoms with Crippen LogP contribution in [0.15, 0.2) is 12.1 Å². The van der Waals surface area contributed by atoms with Gasteiger partial charge in [0.2, 0.25) is 0 Å². The molecule has 2 rings (SSSR count). The predicted octanol–water partition coefficient (Wildman–Crippen LogP) is 4.68. The minimum absolute atomic E-state index is 0.215. The van der Waals surface area contributed by atoms with E-state index in [1.54, 1.807) is 24.0 Å². The summed E-state index contributed by atoms with van der Waals surface area (Å²) in [5, 5.41) is 4.84. The minimum atomic E-state index is -0.251. The van der Waals surface area contributed by atoms with E-state index in [-0.39, 0.29) is 12.1 Å². The molecule has 0 atom stereocenters. The summed E-state index contributed by atoms with van der Waals surface area (Å²) in [6.45, 7) is 3.50. The Morgan fingerprint density at radius 1 is 1.29 bits per heavy atom. The van der Waals surface area contributed by atoms with E-state index in [1.165, 1.54) is 0 Å². The van der Waals surface area contributed by atoms with Crippen LogP contribution >= 0.6 is 34.8 Å². The highest BCUT2D eigenvalue weighted by Crippen LogP contribution is 2.35. The maximum absolute atomic E-state index is 11.6. The van der Waals surface area contributed by atoms with E-state index < -0.39 is 0 Å². The Labute approximate surface area is 139 Å². The molecule has 0 bridgehead atoms. The summed E-state index contributed by atoms with van der Waals surface area (Å²) in [4.78, 5) is 13.4. The number of hydrogen-bond acceptors (Lipinski definition) is 3. The van der Waals surface area contributed by atoms with E-state index >= 15 is 0 Å². The molecule has 1 heterocycles. The maximum atomic E-state index is 11.6. The third kappa shape index (κ3) is 4.31. The van der Waals surface area contributed by atoms with E-state index in [4.69, 9.17) is 39.5 Å². The number of nitrogens with zero attached hydrogens (tertiary/aromatic N) is 1. The molecule has 0 aliphatic carbocycles. The molecule has 0 aromatic heterocycles. The van der Waals surface area contributed by atoms with Crippen LogP contribution in [0.2, 0.25) is 15.1 Å². The second kappa shape index (κ2) is 7.43. The lowest BCUT2D eigenvalue weighted by Gasteiger charge is -2.32. The van der Waals surface area contributed by atoms with E-state index in [1.807, 2.05) is 0 Å². The number of halogens is 3. The lowest BCUT2D eigenvalue weighted by molar-refractivity contribution is 0.0983. The molecule has 0 radical (unpaired) electrons. The zero-order chi connectivity index (χ0) is 15.4. The summed E-state index contributed by atoms with van der Waals surface area (Å²) in [7, 11) is 0. The smallest absolute Gasteiger partial charge is 0.409 e. The molecule has 116 valence electrons. The van der Waals surface area contributed by atoms with E-state index in [0.717, 1.165) is 12.8 Å². The van der Waals surface area contributed by atoms with Crippen molar-refractivity contribution in [1.82, 2.24) is 4.90 Å². The van der Waals surface area contributed by atoms with Crippen LogP contribution in [0.25, 0.3) is 0 Å². The Kier molecular flexibility index (Phi) is 5.85. The van der Waals surface area contributed by atoms with E-state index in [2.05, 4.69) is 5.32 Å². The van der Waals surface area contributed by atoms with Crippen LogP contribution in [0.4, 0.5) is 10.5 Å². The summed E-state index contributed by atoms with van der Waals surface area (Å²) in [5.74, 6) is 0. The van der Waals surface area contributed by atoms with Gasteiger partial charge in [-0.3, -0.25) is 0 Å². The van der Waals surface area contributed by atoms with Crippen molar-refractivity contribution in [1.29, 1.82) is 0 Å². The summed E-state index contributed by atoms with van der Waals surface area (Å²) >= 11 is 18.2. The van der Waals surface area contributed by atoms with Gasteiger partial charge in [-0.1, -0.05) is 34.8 Å². The summed E-state index contributed by atoms with van der Waals surface area (Å²) < 4.78 is 5.00. The number of rotatable bonds is 3. The highest BCUT2D eigenvalue weighted by molar-refractivity contribution is 6.41. The Bertz CT molecular complexity index is 494. The first-order valence-electron chi connectivity index (χ1n) is 6.84. The first-order chi connectivity index (χ1) is 10.0. The zero-order valence-electron chi connectivity index (χ0n) is 11.7. The van der Waals surface area contributed by atoms with Gasteiger partial charge in [0.1, 0.15) is 0 Å². The molecule has 0 saturated carbocycles. The van der Waals surface area contributed by atoms with Gasteiger partial charge in [-0.05, 0) is 31.9 Å². The van der Waals surface area contributed by atoms with Crippen LogP contribution in [0.1, 0.15) is 19.8 Å². The molecule has 1 amide bonds. The fourth-order valence-corrected chi connectivity index (χ4v) is 3.23. The Balaban J connectivity index is 1.94. The fourth-order valence-electron chi connectivity index (χ4n) is 2.31. The quantitative estimate of drug-likeness (QED) is 0.859. The van der Waals surface area contributed by atoms with Crippen LogP contribution in [-0.4, -0.2) is 36.7 Å². The van der Waals surface area contributed by atoms with Crippen molar-refractivity contribution in [3.63, 3.8) is 0 Å². The molecule has 0 spiro atoms. The van der Waals surface area contributed by atoms with E-state index in [0.29, 0.717) is 40.5 Å². The summed E-state index contributed by atoms with van der Waals surface area (Å²) in [6, 6.07) is 3.53. The standard InChI is InChI=1S/C14H17Cl3N2O2/c1-2-21-14(20)19-5-3-10(4-6-19)18-13-11(16)7-9(15)8-12(13)17/h7-8,10,18H,2-6H2,1H3. The number of carbonyl (C=O) groups is 1. The van der Waals surface area contributed by atoms with Crippen LogP contribution in [0, 0.1) is 0 Å². The van der Waals surface area contributed by atoms with Crippen molar-refractivity contribution in [2.24, 2.45) is 0 Å². The molecule has 1 fully saturated rings. The average molecular weight is 352 g/mol. The molecule has 7 heteroatoms. The Hall–Kier alpha value is -0.840. The van der Waals surface area contributed by atoms with Crippen molar-refractivity contribution in [3.8, 4) is 0 Å². The van der Waals surface area contributed by atoms with Gasteiger partial charge in [0.25, 0.3) is 0 Å². The van der Waals surface area contributed by atoms with Crippen molar-refractivity contribution in [2.75, 3.05) is 25.0 Å². The molecule has 1 aliphatic heterocycles. The number of benzene rings is 1. The lowest BCUT2D eigenvalue weighted by Crippen LogP contribution is -2.42. The van der Waals surface area contributed by atoms with E-state index in [9.17, 15) is 4.79 Å². The first kappa shape index (κ1) is 16.5. The second-order valence-electron chi connectivity index (χ2n) is 4.85. The van der Waals surface area contributed by atoms with Gasteiger partial charge < -0.3 is 15.0 Å². The molecule has 1 aromatic rings. The van der Waals surface area contributed by atoms with Crippen LogP contribution in [0.3, 0.4) is 0 Å². The molecule has 1 N–H and O–H groups in total. The predicted molar refractivity (Wildman–Crippen MR) is 86.7 cm³/mol. The van der Waals surface area contributed by atoms with Gasteiger partial charge in [0, 0.05) is 24.2 Å². The Morgan fingerprint density at radius 2 is 1.86 bits per heavy atom. The molecular weight excluding hydrogens is 335 g/mol. The average Bonchev–Trinajstić information content (AvgIpc) is 2.43. The molecule has 4 nitrogen and oxygen atoms in total. The van der Waals surface area contributed by atoms with Gasteiger partial charge in [-0.15, -0.1) is 0 Å². The first-order valence-corrected chi connectivity index (χ1v) is 7.97. The van der Waals surface area contributed by atoms with Gasteiger partial charge in [0.05, 0.1) is 22.3 Å². The molecule has 1 aliphatic rings. The molecule has 1 saturated heterocycles. The molecular formula is C14H17Cl3N2O2. The molecule has 1 aromatic carbocycles. The van der Waals surface area contributed by atoms with Crippen molar-refractivity contribution in [3.05, 3.63) is 27.2 Å². The maximum Gasteiger partial charge on any atom is 0.409 e. The second-order valence-corrected chi connectivity index (χ2v) is 6.10. The number of nitrogens with one attached hydrogen (secondary N) is 1. The largest absolute Gasteiger partial charge is 0.450 e. The fraction of sp³-hybridized carbons (Fsp3) is 0.500. The summed E-state index contributed by atoms with van der Waals surface area (Å²) in [6.07, 6.45) is 1.38. The molecule has 21 heavy (non-hydrogen) atoms. The number of ether oxygens (including phenoxy) is 1. The third-order valence-corrected chi connectivity index (χ3v) is 4.19. The summed E-state index contributed by atoms with van der Waals surface area (Å²) in [5.41, 5.74) is 0.692. The van der Waals surface area contributed by atoms with Gasteiger partial charge >= 0.3 is 6.09 Å². The molecule has 0 unspecified atom stereocenters. The van der Waals surface area contributed by atoms with Crippen molar-refractivity contribution < 1.29 is 9.53 Å². The van der Waals surface area contributed by atoms with Gasteiger partial charge in [0.15, 0.2) is 0 Å². The zero-order valence-corrected chi connectivity index (χ0v) is 13.9. The number of likely N-dealkylation sites (tertiary alicyclic amines) is 1. The Morgan fingerprint density at radius 3 is 2.38 bits per heavy atom. The lowest BCUT2D eigenvalue weighted by atomic mass is 10.1.